The summed E-state index contributed by atoms with van der Waals surface area (Å²) in [5.74, 6) is -0.914. The zero-order valence-electron chi connectivity index (χ0n) is 7.57. The molecule has 84 valence electrons. The monoisotopic (exact) mass is 262 g/mol. The van der Waals surface area contributed by atoms with E-state index in [1.54, 1.807) is 0 Å². The number of aromatic nitrogens is 2. The van der Waals surface area contributed by atoms with E-state index in [0.717, 1.165) is 18.5 Å². The SMILES string of the molecule is O=c1[nH]cnc2c(F)cc(S(=O)(=O)Cl)cc12. The highest BCUT2D eigenvalue weighted by atomic mass is 35.7. The van der Waals surface area contributed by atoms with E-state index in [-0.39, 0.29) is 10.9 Å². The van der Waals surface area contributed by atoms with Gasteiger partial charge in [0.15, 0.2) is 5.82 Å². The standard InChI is InChI=1S/C8H4ClFN2O3S/c9-16(14,15)4-1-5-7(6(10)2-4)11-3-12-8(5)13/h1-3H,(H,11,12,13). The Morgan fingerprint density at radius 2 is 2.06 bits per heavy atom. The predicted molar refractivity (Wildman–Crippen MR) is 55.4 cm³/mol. The lowest BCUT2D eigenvalue weighted by atomic mass is 10.2. The van der Waals surface area contributed by atoms with Gasteiger partial charge in [-0.05, 0) is 12.1 Å². The van der Waals surface area contributed by atoms with Crippen LogP contribution in [0.2, 0.25) is 0 Å². The summed E-state index contributed by atoms with van der Waals surface area (Å²) >= 11 is 0. The highest BCUT2D eigenvalue weighted by Gasteiger charge is 2.15. The summed E-state index contributed by atoms with van der Waals surface area (Å²) in [6.07, 6.45) is 1.03. The van der Waals surface area contributed by atoms with E-state index in [9.17, 15) is 17.6 Å². The second-order valence-corrected chi connectivity index (χ2v) is 5.54. The maximum Gasteiger partial charge on any atom is 0.261 e. The Bertz CT molecular complexity index is 726. The number of rotatable bonds is 1. The van der Waals surface area contributed by atoms with Crippen LogP contribution in [0.15, 0.2) is 28.2 Å². The molecule has 0 bridgehead atoms. The van der Waals surface area contributed by atoms with Crippen molar-refractivity contribution in [1.29, 1.82) is 0 Å². The van der Waals surface area contributed by atoms with Gasteiger partial charge in [0.2, 0.25) is 0 Å². The number of nitrogens with one attached hydrogen (secondary N) is 1. The first-order valence-electron chi connectivity index (χ1n) is 4.01. The quantitative estimate of drug-likeness (QED) is 0.777. The molecule has 8 heteroatoms. The van der Waals surface area contributed by atoms with E-state index in [1.807, 2.05) is 0 Å². The summed E-state index contributed by atoms with van der Waals surface area (Å²) in [6, 6.07) is 1.70. The van der Waals surface area contributed by atoms with Crippen LogP contribution in [0.25, 0.3) is 10.9 Å². The van der Waals surface area contributed by atoms with Crippen molar-refractivity contribution in [2.45, 2.75) is 4.90 Å². The minimum absolute atomic E-state index is 0.165. The molecule has 0 spiro atoms. The molecule has 1 heterocycles. The van der Waals surface area contributed by atoms with Crippen LogP contribution in [0, 0.1) is 5.82 Å². The molecule has 0 aliphatic heterocycles. The topological polar surface area (TPSA) is 79.9 Å². The minimum atomic E-state index is -4.08. The van der Waals surface area contributed by atoms with Gasteiger partial charge in [0.1, 0.15) is 5.52 Å². The van der Waals surface area contributed by atoms with E-state index in [0.29, 0.717) is 0 Å². The molecule has 0 atom stereocenters. The van der Waals surface area contributed by atoms with Gasteiger partial charge in [-0.1, -0.05) is 0 Å². The fourth-order valence-electron chi connectivity index (χ4n) is 1.25. The Labute approximate surface area is 93.3 Å². The number of hydrogen-bond donors (Lipinski definition) is 1. The van der Waals surface area contributed by atoms with Crippen molar-refractivity contribution in [1.82, 2.24) is 9.97 Å². The average Bonchev–Trinajstić information content (AvgIpc) is 2.18. The summed E-state index contributed by atoms with van der Waals surface area (Å²) in [4.78, 5) is 16.6. The zero-order valence-corrected chi connectivity index (χ0v) is 9.14. The highest BCUT2D eigenvalue weighted by Crippen LogP contribution is 2.21. The second kappa shape index (κ2) is 3.53. The second-order valence-electron chi connectivity index (χ2n) is 2.97. The molecule has 0 aliphatic rings. The van der Waals surface area contributed by atoms with Gasteiger partial charge < -0.3 is 4.98 Å². The first-order chi connectivity index (χ1) is 7.39. The zero-order chi connectivity index (χ0) is 11.9. The summed E-state index contributed by atoms with van der Waals surface area (Å²) in [5, 5.41) is -0.165. The van der Waals surface area contributed by atoms with Crippen molar-refractivity contribution < 1.29 is 12.8 Å². The van der Waals surface area contributed by atoms with Gasteiger partial charge >= 0.3 is 0 Å². The van der Waals surface area contributed by atoms with Gasteiger partial charge in [-0.25, -0.2) is 17.8 Å². The van der Waals surface area contributed by atoms with Crippen molar-refractivity contribution in [3.8, 4) is 0 Å². The fraction of sp³-hybridized carbons (Fsp3) is 0. The van der Waals surface area contributed by atoms with Crippen LogP contribution in [0.5, 0.6) is 0 Å². The maximum atomic E-state index is 13.4. The molecule has 0 saturated heterocycles. The molecular weight excluding hydrogens is 259 g/mol. The molecule has 2 rings (SSSR count). The minimum Gasteiger partial charge on any atom is -0.313 e. The number of halogens is 2. The van der Waals surface area contributed by atoms with E-state index < -0.39 is 25.3 Å². The Hall–Kier alpha value is -1.47. The normalized spacial score (nSPS) is 11.9. The molecule has 0 amide bonds. The van der Waals surface area contributed by atoms with Crippen molar-refractivity contribution in [2.24, 2.45) is 0 Å². The number of H-pyrrole nitrogens is 1. The molecular formula is C8H4ClFN2O3S. The summed E-state index contributed by atoms with van der Waals surface area (Å²) in [7, 11) is 0.974. The number of hydrogen-bond acceptors (Lipinski definition) is 4. The molecule has 1 aromatic carbocycles. The van der Waals surface area contributed by atoms with E-state index in [1.165, 1.54) is 0 Å². The molecule has 0 aliphatic carbocycles. The van der Waals surface area contributed by atoms with Gasteiger partial charge in [0.25, 0.3) is 14.6 Å². The van der Waals surface area contributed by atoms with E-state index in [4.69, 9.17) is 10.7 Å². The number of aromatic amines is 1. The number of nitrogens with zero attached hydrogens (tertiary/aromatic N) is 1. The van der Waals surface area contributed by atoms with Crippen molar-refractivity contribution >= 4 is 30.6 Å². The summed E-state index contributed by atoms with van der Waals surface area (Å²) in [5.41, 5.74) is -0.834. The van der Waals surface area contributed by atoms with Crippen LogP contribution in [-0.4, -0.2) is 18.4 Å². The smallest absolute Gasteiger partial charge is 0.261 e. The summed E-state index contributed by atoms with van der Waals surface area (Å²) in [6.45, 7) is 0. The molecule has 2 aromatic rings. The molecule has 0 radical (unpaired) electrons. The van der Waals surface area contributed by atoms with E-state index in [2.05, 4.69) is 9.97 Å². The van der Waals surface area contributed by atoms with Gasteiger partial charge in [0, 0.05) is 10.7 Å². The van der Waals surface area contributed by atoms with Crippen molar-refractivity contribution in [3.05, 3.63) is 34.6 Å². The lowest BCUT2D eigenvalue weighted by Gasteiger charge is -2.00. The third-order valence-electron chi connectivity index (χ3n) is 1.95. The highest BCUT2D eigenvalue weighted by molar-refractivity contribution is 8.13. The van der Waals surface area contributed by atoms with Gasteiger partial charge in [-0.3, -0.25) is 4.79 Å². The largest absolute Gasteiger partial charge is 0.313 e. The Morgan fingerprint density at radius 1 is 1.38 bits per heavy atom. The lowest BCUT2D eigenvalue weighted by molar-refractivity contribution is 0.604. The number of benzene rings is 1. The average molecular weight is 263 g/mol. The third-order valence-corrected chi connectivity index (χ3v) is 3.29. The third kappa shape index (κ3) is 1.79. The van der Waals surface area contributed by atoms with Crippen LogP contribution in [0.1, 0.15) is 0 Å². The van der Waals surface area contributed by atoms with Crippen LogP contribution in [-0.2, 0) is 9.05 Å². The molecule has 0 saturated carbocycles. The fourth-order valence-corrected chi connectivity index (χ4v) is 2.02. The summed E-state index contributed by atoms with van der Waals surface area (Å²) < 4.78 is 35.4. The predicted octanol–water partition coefficient (Wildman–Crippen LogP) is 0.990. The first kappa shape index (κ1) is 11.0. The molecule has 0 fully saturated rings. The van der Waals surface area contributed by atoms with Crippen LogP contribution in [0.3, 0.4) is 0 Å². The number of fused-ring (bicyclic) bond motifs is 1. The lowest BCUT2D eigenvalue weighted by Crippen LogP contribution is -2.08. The van der Waals surface area contributed by atoms with Gasteiger partial charge in [-0.2, -0.15) is 0 Å². The van der Waals surface area contributed by atoms with E-state index >= 15 is 0 Å². The maximum absolute atomic E-state index is 13.4. The van der Waals surface area contributed by atoms with Crippen molar-refractivity contribution in [2.75, 3.05) is 0 Å². The van der Waals surface area contributed by atoms with Gasteiger partial charge in [-0.15, -0.1) is 0 Å². The van der Waals surface area contributed by atoms with Crippen LogP contribution < -0.4 is 5.56 Å². The molecule has 0 unspecified atom stereocenters. The Balaban J connectivity index is 2.97. The molecule has 5 nitrogen and oxygen atoms in total. The van der Waals surface area contributed by atoms with Crippen molar-refractivity contribution in [3.63, 3.8) is 0 Å². The van der Waals surface area contributed by atoms with Crippen LogP contribution >= 0.6 is 10.7 Å². The molecule has 1 N–H and O–H groups in total. The Morgan fingerprint density at radius 3 is 2.69 bits per heavy atom. The first-order valence-corrected chi connectivity index (χ1v) is 6.32. The molecule has 16 heavy (non-hydrogen) atoms. The van der Waals surface area contributed by atoms with Gasteiger partial charge in [0.05, 0.1) is 16.6 Å². The molecule has 1 aromatic heterocycles. The van der Waals surface area contributed by atoms with Crippen LogP contribution in [0.4, 0.5) is 4.39 Å². The Kier molecular flexibility index (Phi) is 2.43.